The molecule has 0 aromatic heterocycles. The number of hydrogen-bond donors (Lipinski definition) is 2. The van der Waals surface area contributed by atoms with Crippen LogP contribution in [0.2, 0.25) is 0 Å². The molecule has 0 bridgehead atoms. The number of guanidine groups is 1. The monoisotopic (exact) mass is 418 g/mol. The molecule has 3 N–H and O–H groups in total. The Balaban J connectivity index is 0.00000242. The minimum Gasteiger partial charge on any atom is -0.370 e. The number of hydrogen-bond acceptors (Lipinski definition) is 3. The number of nitro benzene ring substituents is 1. The average Bonchev–Trinajstić information content (AvgIpc) is 2.74. The van der Waals surface area contributed by atoms with Crippen LogP contribution < -0.4 is 11.1 Å². The van der Waals surface area contributed by atoms with Gasteiger partial charge in [0.25, 0.3) is 5.69 Å². The first-order chi connectivity index (χ1) is 10.1. The molecule has 1 saturated carbocycles. The van der Waals surface area contributed by atoms with E-state index in [2.05, 4.69) is 10.3 Å². The third-order valence-corrected chi connectivity index (χ3v) is 3.76. The Labute approximate surface area is 147 Å². The van der Waals surface area contributed by atoms with Crippen LogP contribution in [0.1, 0.15) is 44.1 Å². The SMILES string of the molecule is I.NC(=NCc1cccc([N+](=O)[O-])c1)NC1CCCCCC1. The van der Waals surface area contributed by atoms with E-state index < -0.39 is 4.92 Å². The molecule has 1 aromatic rings. The zero-order chi connectivity index (χ0) is 15.1. The molecule has 0 radical (unpaired) electrons. The van der Waals surface area contributed by atoms with E-state index in [9.17, 15) is 10.1 Å². The summed E-state index contributed by atoms with van der Waals surface area (Å²) in [6.07, 6.45) is 7.32. The van der Waals surface area contributed by atoms with Crippen LogP contribution in [0.15, 0.2) is 29.3 Å². The van der Waals surface area contributed by atoms with Crippen molar-refractivity contribution >= 4 is 35.6 Å². The van der Waals surface area contributed by atoms with Crippen LogP contribution in [0, 0.1) is 10.1 Å². The maximum absolute atomic E-state index is 10.7. The van der Waals surface area contributed by atoms with Gasteiger partial charge >= 0.3 is 0 Å². The second kappa shape index (κ2) is 9.60. The second-order valence-electron chi connectivity index (χ2n) is 5.46. The molecule has 1 aromatic carbocycles. The topological polar surface area (TPSA) is 93.5 Å². The van der Waals surface area contributed by atoms with Gasteiger partial charge in [-0.15, -0.1) is 24.0 Å². The van der Waals surface area contributed by atoms with E-state index in [4.69, 9.17) is 5.73 Å². The molecule has 2 rings (SSSR count). The molecule has 0 spiro atoms. The van der Waals surface area contributed by atoms with Crippen LogP contribution in [-0.4, -0.2) is 16.9 Å². The summed E-state index contributed by atoms with van der Waals surface area (Å²) in [5.74, 6) is 0.424. The largest absolute Gasteiger partial charge is 0.370 e. The minimum atomic E-state index is -0.402. The lowest BCUT2D eigenvalue weighted by molar-refractivity contribution is -0.384. The van der Waals surface area contributed by atoms with Crippen molar-refractivity contribution in [2.45, 2.75) is 51.1 Å². The molecular formula is C15H23IN4O2. The van der Waals surface area contributed by atoms with E-state index in [1.165, 1.54) is 37.8 Å². The summed E-state index contributed by atoms with van der Waals surface area (Å²) in [5.41, 5.74) is 6.77. The van der Waals surface area contributed by atoms with E-state index in [1.807, 2.05) is 6.07 Å². The average molecular weight is 418 g/mol. The summed E-state index contributed by atoms with van der Waals surface area (Å²) in [5, 5.41) is 14.0. The molecule has 0 amide bonds. The fraction of sp³-hybridized carbons (Fsp3) is 0.533. The fourth-order valence-corrected chi connectivity index (χ4v) is 2.62. The highest BCUT2D eigenvalue weighted by atomic mass is 127. The van der Waals surface area contributed by atoms with Crippen molar-refractivity contribution in [2.24, 2.45) is 10.7 Å². The van der Waals surface area contributed by atoms with E-state index in [0.29, 0.717) is 18.5 Å². The van der Waals surface area contributed by atoms with E-state index in [1.54, 1.807) is 6.07 Å². The van der Waals surface area contributed by atoms with Gasteiger partial charge in [0, 0.05) is 18.2 Å². The molecule has 22 heavy (non-hydrogen) atoms. The summed E-state index contributed by atoms with van der Waals surface area (Å²) in [4.78, 5) is 14.6. The number of rotatable bonds is 4. The predicted molar refractivity (Wildman–Crippen MR) is 98.5 cm³/mol. The van der Waals surface area contributed by atoms with Crippen molar-refractivity contribution in [3.8, 4) is 0 Å². The van der Waals surface area contributed by atoms with Gasteiger partial charge in [-0.1, -0.05) is 37.8 Å². The molecule has 7 heteroatoms. The maximum atomic E-state index is 10.7. The van der Waals surface area contributed by atoms with Crippen LogP contribution in [0.4, 0.5) is 5.69 Å². The number of nitrogens with one attached hydrogen (secondary N) is 1. The van der Waals surface area contributed by atoms with Crippen molar-refractivity contribution in [2.75, 3.05) is 0 Å². The predicted octanol–water partition coefficient (Wildman–Crippen LogP) is 3.34. The minimum absolute atomic E-state index is 0. The molecule has 122 valence electrons. The highest BCUT2D eigenvalue weighted by molar-refractivity contribution is 14.0. The van der Waals surface area contributed by atoms with Crippen molar-refractivity contribution in [1.29, 1.82) is 0 Å². The fourth-order valence-electron chi connectivity index (χ4n) is 2.62. The molecule has 0 aliphatic heterocycles. The third-order valence-electron chi connectivity index (χ3n) is 3.76. The maximum Gasteiger partial charge on any atom is 0.269 e. The highest BCUT2D eigenvalue weighted by Gasteiger charge is 2.12. The number of aliphatic imine (C=N–C) groups is 1. The van der Waals surface area contributed by atoms with Crippen molar-refractivity contribution in [1.82, 2.24) is 5.32 Å². The number of nitrogens with zero attached hydrogens (tertiary/aromatic N) is 2. The Morgan fingerprint density at radius 2 is 2.00 bits per heavy atom. The first kappa shape index (κ1) is 18.7. The van der Waals surface area contributed by atoms with Gasteiger partial charge in [0.05, 0.1) is 11.5 Å². The van der Waals surface area contributed by atoms with Crippen LogP contribution in [0.3, 0.4) is 0 Å². The summed E-state index contributed by atoms with van der Waals surface area (Å²) in [6, 6.07) is 6.89. The second-order valence-corrected chi connectivity index (χ2v) is 5.46. The van der Waals surface area contributed by atoms with Gasteiger partial charge in [0.15, 0.2) is 5.96 Å². The van der Waals surface area contributed by atoms with Gasteiger partial charge < -0.3 is 11.1 Å². The van der Waals surface area contributed by atoms with Gasteiger partial charge in [-0.05, 0) is 18.4 Å². The number of non-ortho nitro benzene ring substituents is 1. The Morgan fingerprint density at radius 3 is 2.64 bits per heavy atom. The zero-order valence-electron chi connectivity index (χ0n) is 12.5. The van der Waals surface area contributed by atoms with Crippen molar-refractivity contribution < 1.29 is 4.92 Å². The molecule has 1 aliphatic carbocycles. The number of benzene rings is 1. The number of nitro groups is 1. The van der Waals surface area contributed by atoms with Crippen LogP contribution in [-0.2, 0) is 6.54 Å². The number of nitrogens with two attached hydrogens (primary N) is 1. The Bertz CT molecular complexity index is 514. The van der Waals surface area contributed by atoms with Gasteiger partial charge in [-0.25, -0.2) is 4.99 Å². The molecule has 1 aliphatic rings. The molecular weight excluding hydrogens is 395 g/mol. The van der Waals surface area contributed by atoms with Gasteiger partial charge in [-0.2, -0.15) is 0 Å². The molecule has 0 atom stereocenters. The number of halogens is 1. The zero-order valence-corrected chi connectivity index (χ0v) is 14.9. The quantitative estimate of drug-likeness (QED) is 0.196. The lowest BCUT2D eigenvalue weighted by Gasteiger charge is -2.16. The normalized spacial score (nSPS) is 16.5. The third kappa shape index (κ3) is 6.17. The standard InChI is InChI=1S/C15H22N4O2.HI/c16-15(18-13-7-3-1-2-4-8-13)17-11-12-6-5-9-14(10-12)19(20)21;/h5-6,9-10,13H,1-4,7-8,11H2,(H3,16,17,18);1H. The van der Waals surface area contributed by atoms with E-state index >= 15 is 0 Å². The summed E-state index contributed by atoms with van der Waals surface area (Å²) in [7, 11) is 0. The van der Waals surface area contributed by atoms with E-state index in [0.717, 1.165) is 18.4 Å². The lowest BCUT2D eigenvalue weighted by atomic mass is 10.1. The first-order valence-electron chi connectivity index (χ1n) is 7.45. The molecule has 1 fully saturated rings. The van der Waals surface area contributed by atoms with Crippen LogP contribution in [0.25, 0.3) is 0 Å². The van der Waals surface area contributed by atoms with Gasteiger partial charge in [0.2, 0.25) is 0 Å². The van der Waals surface area contributed by atoms with Crippen molar-refractivity contribution in [3.63, 3.8) is 0 Å². The van der Waals surface area contributed by atoms with Crippen molar-refractivity contribution in [3.05, 3.63) is 39.9 Å². The van der Waals surface area contributed by atoms with Crippen LogP contribution >= 0.6 is 24.0 Å². The summed E-state index contributed by atoms with van der Waals surface area (Å²) < 4.78 is 0. The van der Waals surface area contributed by atoms with Gasteiger partial charge in [-0.3, -0.25) is 10.1 Å². The Hall–Kier alpha value is -1.38. The summed E-state index contributed by atoms with van der Waals surface area (Å²) >= 11 is 0. The lowest BCUT2D eigenvalue weighted by Crippen LogP contribution is -2.39. The Morgan fingerprint density at radius 1 is 1.32 bits per heavy atom. The Kier molecular flexibility index (Phi) is 8.15. The van der Waals surface area contributed by atoms with E-state index in [-0.39, 0.29) is 29.7 Å². The molecule has 0 heterocycles. The van der Waals surface area contributed by atoms with Gasteiger partial charge in [0.1, 0.15) is 0 Å². The molecule has 6 nitrogen and oxygen atoms in total. The summed E-state index contributed by atoms with van der Waals surface area (Å²) in [6.45, 7) is 0.354. The smallest absolute Gasteiger partial charge is 0.269 e. The molecule has 0 saturated heterocycles. The highest BCUT2D eigenvalue weighted by Crippen LogP contribution is 2.17. The first-order valence-corrected chi connectivity index (χ1v) is 7.45. The van der Waals surface area contributed by atoms with Crippen LogP contribution in [0.5, 0.6) is 0 Å². The molecule has 0 unspecified atom stereocenters.